The zero-order chi connectivity index (χ0) is 10.8. The van der Waals surface area contributed by atoms with Gasteiger partial charge in [0.25, 0.3) is 0 Å². The first-order chi connectivity index (χ1) is 7.24. The van der Waals surface area contributed by atoms with Crippen molar-refractivity contribution in [3.8, 4) is 5.75 Å². The van der Waals surface area contributed by atoms with E-state index in [1.54, 1.807) is 12.1 Å². The van der Waals surface area contributed by atoms with E-state index in [1.165, 1.54) is 0 Å². The van der Waals surface area contributed by atoms with Gasteiger partial charge >= 0.3 is 0 Å². The van der Waals surface area contributed by atoms with Crippen LogP contribution in [-0.2, 0) is 0 Å². The van der Waals surface area contributed by atoms with Crippen molar-refractivity contribution < 1.29 is 5.11 Å². The number of aromatic amines is 1. The molecule has 0 amide bonds. The fraction of sp³-hybridized carbons (Fsp3) is 0.364. The number of hydrogen-bond donors (Lipinski definition) is 3. The SMILES string of the molecule is CCC(NC)c1nc2ccc(O)cc2[nH]1. The van der Waals surface area contributed by atoms with Gasteiger partial charge in [0.1, 0.15) is 11.6 Å². The highest BCUT2D eigenvalue weighted by molar-refractivity contribution is 5.76. The monoisotopic (exact) mass is 205 g/mol. The van der Waals surface area contributed by atoms with Crippen molar-refractivity contribution in [2.75, 3.05) is 7.05 Å². The maximum absolute atomic E-state index is 9.33. The summed E-state index contributed by atoms with van der Waals surface area (Å²) in [6.07, 6.45) is 0.975. The van der Waals surface area contributed by atoms with Crippen LogP contribution in [0.2, 0.25) is 0 Å². The molecular weight excluding hydrogens is 190 g/mol. The number of phenolic OH excluding ortho intramolecular Hbond substituents is 1. The number of fused-ring (bicyclic) bond motifs is 1. The highest BCUT2D eigenvalue weighted by Gasteiger charge is 2.11. The van der Waals surface area contributed by atoms with Crippen LogP contribution in [0.15, 0.2) is 18.2 Å². The molecule has 0 aliphatic carbocycles. The standard InChI is InChI=1S/C11H15N3O/c1-3-8(12-2)11-13-9-5-4-7(15)6-10(9)14-11/h4-6,8,12,15H,3H2,1-2H3,(H,13,14). The molecule has 2 aromatic rings. The van der Waals surface area contributed by atoms with E-state index in [0.29, 0.717) is 0 Å². The van der Waals surface area contributed by atoms with Crippen LogP contribution >= 0.6 is 0 Å². The summed E-state index contributed by atoms with van der Waals surface area (Å²) in [5.74, 6) is 1.18. The van der Waals surface area contributed by atoms with Crippen LogP contribution in [0.25, 0.3) is 11.0 Å². The van der Waals surface area contributed by atoms with E-state index in [-0.39, 0.29) is 11.8 Å². The van der Waals surface area contributed by atoms with Crippen LogP contribution in [0, 0.1) is 0 Å². The minimum Gasteiger partial charge on any atom is -0.508 e. The van der Waals surface area contributed by atoms with Crippen molar-refractivity contribution in [3.05, 3.63) is 24.0 Å². The quantitative estimate of drug-likeness (QED) is 0.717. The molecule has 1 unspecified atom stereocenters. The molecule has 80 valence electrons. The molecular formula is C11H15N3O. The Labute approximate surface area is 88.3 Å². The van der Waals surface area contributed by atoms with Gasteiger partial charge in [0.15, 0.2) is 0 Å². The number of aromatic hydroxyl groups is 1. The first-order valence-electron chi connectivity index (χ1n) is 5.10. The van der Waals surface area contributed by atoms with Crippen LogP contribution in [0.3, 0.4) is 0 Å². The summed E-state index contributed by atoms with van der Waals surface area (Å²) >= 11 is 0. The van der Waals surface area contributed by atoms with Crippen LogP contribution in [0.4, 0.5) is 0 Å². The second-order valence-electron chi connectivity index (χ2n) is 3.57. The van der Waals surface area contributed by atoms with Crippen LogP contribution < -0.4 is 5.32 Å². The Bertz CT molecular complexity index is 460. The molecule has 0 saturated heterocycles. The fourth-order valence-electron chi connectivity index (χ4n) is 1.72. The molecule has 0 fully saturated rings. The zero-order valence-electron chi connectivity index (χ0n) is 8.91. The van der Waals surface area contributed by atoms with Gasteiger partial charge < -0.3 is 15.4 Å². The molecule has 4 nitrogen and oxygen atoms in total. The van der Waals surface area contributed by atoms with E-state index in [2.05, 4.69) is 22.2 Å². The van der Waals surface area contributed by atoms with E-state index >= 15 is 0 Å². The van der Waals surface area contributed by atoms with Gasteiger partial charge in [-0.25, -0.2) is 4.98 Å². The summed E-state index contributed by atoms with van der Waals surface area (Å²) < 4.78 is 0. The third kappa shape index (κ3) is 1.80. The third-order valence-electron chi connectivity index (χ3n) is 2.57. The number of nitrogens with one attached hydrogen (secondary N) is 2. The Morgan fingerprint density at radius 3 is 3.00 bits per heavy atom. The first kappa shape index (κ1) is 9.98. The van der Waals surface area contributed by atoms with E-state index in [9.17, 15) is 5.11 Å². The molecule has 3 N–H and O–H groups in total. The van der Waals surface area contributed by atoms with Gasteiger partial charge in [-0.05, 0) is 25.6 Å². The molecule has 0 spiro atoms. The van der Waals surface area contributed by atoms with Crippen molar-refractivity contribution in [2.45, 2.75) is 19.4 Å². The summed E-state index contributed by atoms with van der Waals surface area (Å²) in [7, 11) is 1.92. The maximum atomic E-state index is 9.33. The maximum Gasteiger partial charge on any atom is 0.124 e. The topological polar surface area (TPSA) is 60.9 Å². The third-order valence-corrected chi connectivity index (χ3v) is 2.57. The smallest absolute Gasteiger partial charge is 0.124 e. The first-order valence-corrected chi connectivity index (χ1v) is 5.10. The highest BCUT2D eigenvalue weighted by atomic mass is 16.3. The van der Waals surface area contributed by atoms with Crippen molar-refractivity contribution in [1.29, 1.82) is 0 Å². The van der Waals surface area contributed by atoms with Gasteiger partial charge in [-0.15, -0.1) is 0 Å². The second kappa shape index (κ2) is 3.90. The van der Waals surface area contributed by atoms with Gasteiger partial charge in [-0.2, -0.15) is 0 Å². The van der Waals surface area contributed by atoms with Gasteiger partial charge in [0.05, 0.1) is 17.1 Å². The largest absolute Gasteiger partial charge is 0.508 e. The lowest BCUT2D eigenvalue weighted by molar-refractivity contribution is 0.476. The van der Waals surface area contributed by atoms with E-state index in [0.717, 1.165) is 23.3 Å². The molecule has 0 aliphatic rings. The van der Waals surface area contributed by atoms with Crippen LogP contribution in [0.1, 0.15) is 25.2 Å². The Kier molecular flexibility index (Phi) is 2.60. The molecule has 0 aliphatic heterocycles. The minimum atomic E-state index is 0.236. The van der Waals surface area contributed by atoms with Crippen molar-refractivity contribution in [2.24, 2.45) is 0 Å². The van der Waals surface area contributed by atoms with Crippen LogP contribution in [-0.4, -0.2) is 22.1 Å². The number of H-pyrrole nitrogens is 1. The number of phenols is 1. The van der Waals surface area contributed by atoms with E-state index in [4.69, 9.17) is 0 Å². The lowest BCUT2D eigenvalue weighted by Crippen LogP contribution is -2.16. The van der Waals surface area contributed by atoms with Crippen LogP contribution in [0.5, 0.6) is 5.75 Å². The molecule has 1 atom stereocenters. The van der Waals surface area contributed by atoms with Gasteiger partial charge in [-0.3, -0.25) is 0 Å². The number of imidazole rings is 1. The van der Waals surface area contributed by atoms with Gasteiger partial charge in [0.2, 0.25) is 0 Å². The summed E-state index contributed by atoms with van der Waals surface area (Å²) in [6, 6.07) is 5.38. The Morgan fingerprint density at radius 1 is 1.53 bits per heavy atom. The predicted octanol–water partition coefficient (Wildman–Crippen LogP) is 1.94. The lowest BCUT2D eigenvalue weighted by Gasteiger charge is -2.09. The van der Waals surface area contributed by atoms with E-state index in [1.807, 2.05) is 13.1 Å². The minimum absolute atomic E-state index is 0.236. The number of benzene rings is 1. The summed E-state index contributed by atoms with van der Waals surface area (Å²) in [5.41, 5.74) is 1.76. The molecule has 1 aromatic carbocycles. The Hall–Kier alpha value is -1.55. The van der Waals surface area contributed by atoms with Crippen molar-refractivity contribution in [3.63, 3.8) is 0 Å². The van der Waals surface area contributed by atoms with E-state index < -0.39 is 0 Å². The Morgan fingerprint density at radius 2 is 2.33 bits per heavy atom. The van der Waals surface area contributed by atoms with Gasteiger partial charge in [0, 0.05) is 6.07 Å². The molecule has 1 aromatic heterocycles. The molecule has 2 rings (SSSR count). The molecule has 15 heavy (non-hydrogen) atoms. The number of aromatic nitrogens is 2. The number of rotatable bonds is 3. The predicted molar refractivity (Wildman–Crippen MR) is 59.9 cm³/mol. The second-order valence-corrected chi connectivity index (χ2v) is 3.57. The molecule has 0 bridgehead atoms. The van der Waals surface area contributed by atoms with Crippen molar-refractivity contribution >= 4 is 11.0 Å². The summed E-state index contributed by atoms with van der Waals surface area (Å²) in [4.78, 5) is 7.67. The average molecular weight is 205 g/mol. The van der Waals surface area contributed by atoms with Gasteiger partial charge in [-0.1, -0.05) is 6.92 Å². The fourth-order valence-corrected chi connectivity index (χ4v) is 1.72. The number of hydrogen-bond acceptors (Lipinski definition) is 3. The average Bonchev–Trinajstić information content (AvgIpc) is 2.62. The molecule has 1 heterocycles. The summed E-state index contributed by atoms with van der Waals surface area (Å²) in [5, 5.41) is 12.5. The zero-order valence-corrected chi connectivity index (χ0v) is 8.91. The lowest BCUT2D eigenvalue weighted by atomic mass is 10.2. The molecule has 4 heteroatoms. The Balaban J connectivity index is 2.46. The van der Waals surface area contributed by atoms with Crippen molar-refractivity contribution in [1.82, 2.24) is 15.3 Å². The highest BCUT2D eigenvalue weighted by Crippen LogP contribution is 2.21. The molecule has 0 radical (unpaired) electrons. The number of nitrogens with zero attached hydrogens (tertiary/aromatic N) is 1. The normalized spacial score (nSPS) is 13.2. The summed E-state index contributed by atoms with van der Waals surface area (Å²) in [6.45, 7) is 2.10. The molecule has 0 saturated carbocycles.